The smallest absolute Gasteiger partial charge is 0.188 e. The summed E-state index contributed by atoms with van der Waals surface area (Å²) < 4.78 is 0. The monoisotopic (exact) mass is 148 g/mol. The fourth-order valence-electron chi connectivity index (χ4n) is 0.752. The third kappa shape index (κ3) is 1.63. The Morgan fingerprint density at radius 2 is 2.27 bits per heavy atom. The van der Waals surface area contributed by atoms with Crippen molar-refractivity contribution in [2.45, 2.75) is 6.92 Å². The summed E-state index contributed by atoms with van der Waals surface area (Å²) in [6, 6.07) is 4.67. The van der Waals surface area contributed by atoms with E-state index >= 15 is 0 Å². The van der Waals surface area contributed by atoms with Crippen molar-refractivity contribution >= 4 is 5.69 Å². The van der Waals surface area contributed by atoms with Crippen molar-refractivity contribution in [1.82, 2.24) is 0 Å². The summed E-state index contributed by atoms with van der Waals surface area (Å²) in [4.78, 5) is 2.52. The summed E-state index contributed by atoms with van der Waals surface area (Å²) in [7, 11) is 0. The van der Waals surface area contributed by atoms with Gasteiger partial charge in [-0.1, -0.05) is 11.2 Å². The molecule has 11 heavy (non-hydrogen) atoms. The van der Waals surface area contributed by atoms with Crippen LogP contribution in [-0.2, 0) is 5.11 Å². The molecule has 0 aliphatic rings. The first kappa shape index (κ1) is 7.44. The minimum Gasteiger partial charge on any atom is -0.289 e. The molecule has 0 unspecified atom stereocenters. The van der Waals surface area contributed by atoms with E-state index in [2.05, 4.69) is 10.0 Å². The third-order valence-electron chi connectivity index (χ3n) is 1.27. The minimum absolute atomic E-state index is 0.151. The highest BCUT2D eigenvalue weighted by atomic mass is 16.3. The van der Waals surface area contributed by atoms with E-state index in [0.29, 0.717) is 0 Å². The fourth-order valence-corrected chi connectivity index (χ4v) is 0.752. The molecule has 0 saturated carbocycles. The van der Waals surface area contributed by atoms with Gasteiger partial charge in [0.25, 0.3) is 0 Å². The Balaban J connectivity index is 3.19. The molecule has 0 aromatic heterocycles. The summed E-state index contributed by atoms with van der Waals surface area (Å²) in [6.07, 6.45) is 0. The molecular formula is C7H6N3O. The molecule has 1 aromatic carbocycles. The zero-order valence-corrected chi connectivity index (χ0v) is 5.98. The van der Waals surface area contributed by atoms with Crippen molar-refractivity contribution in [3.05, 3.63) is 34.2 Å². The largest absolute Gasteiger partial charge is 0.289 e. The van der Waals surface area contributed by atoms with Gasteiger partial charge in [0.15, 0.2) is 5.75 Å². The van der Waals surface area contributed by atoms with Gasteiger partial charge in [0, 0.05) is 4.91 Å². The lowest BCUT2D eigenvalue weighted by molar-refractivity contribution is 0.356. The summed E-state index contributed by atoms with van der Waals surface area (Å²) in [5, 5.41) is 14.2. The quantitative estimate of drug-likeness (QED) is 0.333. The fraction of sp³-hybridized carbons (Fsp3) is 0.143. The molecule has 1 aromatic rings. The van der Waals surface area contributed by atoms with Crippen molar-refractivity contribution in [3.63, 3.8) is 0 Å². The van der Waals surface area contributed by atoms with Crippen LogP contribution in [0.2, 0.25) is 0 Å². The van der Waals surface area contributed by atoms with Crippen LogP contribution in [0, 0.1) is 6.92 Å². The van der Waals surface area contributed by atoms with Gasteiger partial charge < -0.3 is 0 Å². The lowest BCUT2D eigenvalue weighted by atomic mass is 10.2. The number of benzene rings is 1. The highest BCUT2D eigenvalue weighted by Crippen LogP contribution is 2.27. The Hall–Kier alpha value is -1.67. The Kier molecular flexibility index (Phi) is 1.99. The van der Waals surface area contributed by atoms with Crippen LogP contribution < -0.4 is 0 Å². The van der Waals surface area contributed by atoms with E-state index in [0.717, 1.165) is 5.56 Å². The maximum atomic E-state index is 11.0. The topological polar surface area (TPSA) is 68.7 Å². The van der Waals surface area contributed by atoms with Gasteiger partial charge in [-0.3, -0.25) is 5.11 Å². The molecular weight excluding hydrogens is 142 g/mol. The number of aryl methyl sites for hydroxylation is 1. The summed E-state index contributed by atoms with van der Waals surface area (Å²) >= 11 is 0. The predicted molar refractivity (Wildman–Crippen MR) is 40.1 cm³/mol. The number of rotatable bonds is 1. The molecule has 4 nitrogen and oxygen atoms in total. The normalized spacial score (nSPS) is 8.82. The van der Waals surface area contributed by atoms with Crippen LogP contribution in [0.25, 0.3) is 10.4 Å². The van der Waals surface area contributed by atoms with Crippen molar-refractivity contribution in [2.75, 3.05) is 0 Å². The SMILES string of the molecule is Cc1ccc(N=[N+]=[N-])c([O])c1. The number of hydrogen-bond acceptors (Lipinski definition) is 1. The molecule has 0 aliphatic heterocycles. The second-order valence-electron chi connectivity index (χ2n) is 2.16. The van der Waals surface area contributed by atoms with E-state index in [4.69, 9.17) is 5.53 Å². The van der Waals surface area contributed by atoms with Crippen LogP contribution in [-0.4, -0.2) is 0 Å². The van der Waals surface area contributed by atoms with E-state index in [1.54, 1.807) is 13.0 Å². The maximum absolute atomic E-state index is 11.0. The van der Waals surface area contributed by atoms with Crippen LogP contribution in [0.5, 0.6) is 5.75 Å². The standard InChI is InChI=1S/C7H6N3O/c1-5-2-3-6(9-10-8)7(11)4-5/h2-4H,1H3. The van der Waals surface area contributed by atoms with Gasteiger partial charge in [-0.2, -0.15) is 0 Å². The highest BCUT2D eigenvalue weighted by Gasteiger charge is 1.98. The number of nitrogens with zero attached hydrogens (tertiary/aromatic N) is 3. The molecule has 55 valence electrons. The van der Waals surface area contributed by atoms with E-state index in [-0.39, 0.29) is 11.4 Å². The van der Waals surface area contributed by atoms with Crippen LogP contribution in [0.1, 0.15) is 5.56 Å². The second-order valence-corrected chi connectivity index (χ2v) is 2.16. The van der Waals surface area contributed by atoms with E-state index in [1.165, 1.54) is 12.1 Å². The molecule has 0 spiro atoms. The first-order chi connectivity index (χ1) is 5.24. The Bertz CT molecular complexity index is 315. The molecule has 0 bridgehead atoms. The minimum atomic E-state index is -0.234. The van der Waals surface area contributed by atoms with E-state index in [9.17, 15) is 5.11 Å². The lowest BCUT2D eigenvalue weighted by Crippen LogP contribution is -1.69. The molecule has 0 amide bonds. The number of hydrogen-bond donors (Lipinski definition) is 0. The Morgan fingerprint density at radius 1 is 1.55 bits per heavy atom. The molecule has 0 aliphatic carbocycles. The van der Waals surface area contributed by atoms with Crippen LogP contribution >= 0.6 is 0 Å². The van der Waals surface area contributed by atoms with E-state index in [1.807, 2.05) is 0 Å². The molecule has 0 fully saturated rings. The lowest BCUT2D eigenvalue weighted by Gasteiger charge is -1.94. The zero-order valence-electron chi connectivity index (χ0n) is 5.98. The average Bonchev–Trinajstić information content (AvgIpc) is 1.95. The molecule has 4 heteroatoms. The zero-order chi connectivity index (χ0) is 8.27. The van der Waals surface area contributed by atoms with Crippen LogP contribution in [0.4, 0.5) is 5.69 Å². The molecule has 1 radical (unpaired) electrons. The average molecular weight is 148 g/mol. The van der Waals surface area contributed by atoms with Gasteiger partial charge in [-0.05, 0) is 30.2 Å². The first-order valence-electron chi connectivity index (χ1n) is 3.07. The molecule has 0 heterocycles. The van der Waals surface area contributed by atoms with Gasteiger partial charge in [-0.15, -0.1) is 0 Å². The molecule has 0 N–H and O–H groups in total. The van der Waals surface area contributed by atoms with Crippen molar-refractivity contribution in [1.29, 1.82) is 0 Å². The summed E-state index contributed by atoms with van der Waals surface area (Å²) in [5.41, 5.74) is 9.05. The number of azide groups is 1. The van der Waals surface area contributed by atoms with Gasteiger partial charge in [0.05, 0.1) is 5.69 Å². The second kappa shape index (κ2) is 2.94. The summed E-state index contributed by atoms with van der Waals surface area (Å²) in [5.74, 6) is -0.234. The Labute approximate surface area is 63.7 Å². The predicted octanol–water partition coefficient (Wildman–Crippen LogP) is 3.08. The van der Waals surface area contributed by atoms with Crippen LogP contribution in [0.15, 0.2) is 23.3 Å². The van der Waals surface area contributed by atoms with Gasteiger partial charge in [-0.25, -0.2) is 0 Å². The Morgan fingerprint density at radius 3 is 2.82 bits per heavy atom. The van der Waals surface area contributed by atoms with Crippen molar-refractivity contribution in [2.24, 2.45) is 5.11 Å². The van der Waals surface area contributed by atoms with Crippen molar-refractivity contribution in [3.8, 4) is 5.75 Å². The first-order valence-corrected chi connectivity index (χ1v) is 3.07. The molecule has 0 atom stereocenters. The van der Waals surface area contributed by atoms with Gasteiger partial charge in [0.2, 0.25) is 0 Å². The van der Waals surface area contributed by atoms with Crippen molar-refractivity contribution < 1.29 is 5.11 Å². The van der Waals surface area contributed by atoms with Gasteiger partial charge >= 0.3 is 0 Å². The van der Waals surface area contributed by atoms with Gasteiger partial charge in [0.1, 0.15) is 0 Å². The highest BCUT2D eigenvalue weighted by molar-refractivity contribution is 5.51. The molecule has 1 rings (SSSR count). The third-order valence-corrected chi connectivity index (χ3v) is 1.27. The van der Waals surface area contributed by atoms with E-state index < -0.39 is 0 Å². The molecule has 0 saturated heterocycles. The summed E-state index contributed by atoms with van der Waals surface area (Å²) in [6.45, 7) is 1.81. The van der Waals surface area contributed by atoms with Crippen LogP contribution in [0.3, 0.4) is 0 Å². The maximum Gasteiger partial charge on any atom is 0.188 e.